The summed E-state index contributed by atoms with van der Waals surface area (Å²) >= 11 is 1.44. The zero-order valence-corrected chi connectivity index (χ0v) is 15.5. The molecule has 1 heterocycles. The van der Waals surface area contributed by atoms with Crippen molar-refractivity contribution in [3.63, 3.8) is 0 Å². The molecule has 0 atom stereocenters. The lowest BCUT2D eigenvalue weighted by molar-refractivity contribution is -0.120. The van der Waals surface area contributed by atoms with Gasteiger partial charge in [-0.1, -0.05) is 42.5 Å². The molecule has 1 saturated carbocycles. The molecule has 5 nitrogen and oxygen atoms in total. The minimum atomic E-state index is -0.243. The van der Waals surface area contributed by atoms with Crippen LogP contribution in [0.25, 0.3) is 10.6 Å². The zero-order valence-electron chi connectivity index (χ0n) is 14.6. The van der Waals surface area contributed by atoms with Crippen LogP contribution in [0.4, 0.5) is 5.69 Å². The van der Waals surface area contributed by atoms with E-state index in [1.54, 1.807) is 5.38 Å². The Hall–Kier alpha value is -2.99. The molecule has 0 bridgehead atoms. The summed E-state index contributed by atoms with van der Waals surface area (Å²) in [5.74, 6) is -0.196. The first-order valence-corrected chi connectivity index (χ1v) is 9.76. The smallest absolute Gasteiger partial charge is 0.275 e. The van der Waals surface area contributed by atoms with Crippen LogP contribution in [0.3, 0.4) is 0 Å². The number of amides is 2. The van der Waals surface area contributed by atoms with Gasteiger partial charge in [-0.15, -0.1) is 11.3 Å². The summed E-state index contributed by atoms with van der Waals surface area (Å²) < 4.78 is 0. The SMILES string of the molecule is O=C(Cc1ccc(NC(=O)c2csc(-c3ccccc3)n2)cc1)NC1CC1. The summed E-state index contributed by atoms with van der Waals surface area (Å²) in [5.41, 5.74) is 2.99. The Kier molecular flexibility index (Phi) is 4.98. The molecule has 2 N–H and O–H groups in total. The average Bonchev–Trinajstić information content (AvgIpc) is 3.34. The van der Waals surface area contributed by atoms with Crippen molar-refractivity contribution in [3.8, 4) is 10.6 Å². The third-order valence-electron chi connectivity index (χ3n) is 4.28. The Morgan fingerprint density at radius 2 is 1.78 bits per heavy atom. The van der Waals surface area contributed by atoms with Gasteiger partial charge in [0.25, 0.3) is 5.91 Å². The fourth-order valence-electron chi connectivity index (χ4n) is 2.68. The largest absolute Gasteiger partial charge is 0.353 e. The second-order valence-corrected chi connectivity index (χ2v) is 7.43. The molecule has 2 aromatic carbocycles. The summed E-state index contributed by atoms with van der Waals surface area (Å²) in [6.45, 7) is 0. The lowest BCUT2D eigenvalue weighted by atomic mass is 10.1. The first kappa shape index (κ1) is 17.4. The van der Waals surface area contributed by atoms with Gasteiger partial charge in [0.1, 0.15) is 10.7 Å². The van der Waals surface area contributed by atoms with Crippen LogP contribution in [0.15, 0.2) is 60.0 Å². The van der Waals surface area contributed by atoms with Crippen LogP contribution in [0.1, 0.15) is 28.9 Å². The highest BCUT2D eigenvalue weighted by molar-refractivity contribution is 7.13. The summed E-state index contributed by atoms with van der Waals surface area (Å²) in [4.78, 5) is 28.7. The topological polar surface area (TPSA) is 71.1 Å². The second-order valence-electron chi connectivity index (χ2n) is 6.57. The molecule has 0 radical (unpaired) electrons. The van der Waals surface area contributed by atoms with E-state index in [4.69, 9.17) is 0 Å². The van der Waals surface area contributed by atoms with Crippen molar-refractivity contribution in [3.05, 3.63) is 71.2 Å². The normalized spacial score (nSPS) is 13.2. The Balaban J connectivity index is 1.36. The number of carbonyl (C=O) groups is 2. The predicted molar refractivity (Wildman–Crippen MR) is 107 cm³/mol. The predicted octanol–water partition coefficient (Wildman–Crippen LogP) is 3.88. The fourth-order valence-corrected chi connectivity index (χ4v) is 3.49. The van der Waals surface area contributed by atoms with Crippen LogP contribution in [0.2, 0.25) is 0 Å². The van der Waals surface area contributed by atoms with E-state index in [2.05, 4.69) is 15.6 Å². The summed E-state index contributed by atoms with van der Waals surface area (Å²) in [7, 11) is 0. The molecular weight excluding hydrogens is 358 g/mol. The van der Waals surface area contributed by atoms with Crippen molar-refractivity contribution in [2.75, 3.05) is 5.32 Å². The van der Waals surface area contributed by atoms with Gasteiger partial charge < -0.3 is 10.6 Å². The maximum Gasteiger partial charge on any atom is 0.275 e. The van der Waals surface area contributed by atoms with E-state index in [9.17, 15) is 9.59 Å². The zero-order chi connectivity index (χ0) is 18.6. The van der Waals surface area contributed by atoms with Gasteiger partial charge in [0.15, 0.2) is 0 Å². The van der Waals surface area contributed by atoms with Crippen LogP contribution in [0.5, 0.6) is 0 Å². The molecule has 1 aromatic heterocycles. The molecule has 136 valence electrons. The third-order valence-corrected chi connectivity index (χ3v) is 5.17. The Morgan fingerprint density at radius 1 is 1.04 bits per heavy atom. The molecule has 3 aromatic rings. The highest BCUT2D eigenvalue weighted by Crippen LogP contribution is 2.24. The number of benzene rings is 2. The van der Waals surface area contributed by atoms with Crippen molar-refractivity contribution in [2.24, 2.45) is 0 Å². The van der Waals surface area contributed by atoms with Crippen molar-refractivity contribution >= 4 is 28.8 Å². The molecule has 4 rings (SSSR count). The quantitative estimate of drug-likeness (QED) is 0.685. The molecular formula is C21H19N3O2S. The van der Waals surface area contributed by atoms with Gasteiger partial charge in [-0.25, -0.2) is 4.98 Å². The molecule has 27 heavy (non-hydrogen) atoms. The average molecular weight is 377 g/mol. The van der Waals surface area contributed by atoms with Crippen LogP contribution < -0.4 is 10.6 Å². The van der Waals surface area contributed by atoms with E-state index in [1.807, 2.05) is 54.6 Å². The minimum Gasteiger partial charge on any atom is -0.353 e. The lowest BCUT2D eigenvalue weighted by Gasteiger charge is -2.06. The van der Waals surface area contributed by atoms with Crippen molar-refractivity contribution in [1.82, 2.24) is 10.3 Å². The van der Waals surface area contributed by atoms with E-state index in [0.717, 1.165) is 29.0 Å². The van der Waals surface area contributed by atoms with E-state index in [-0.39, 0.29) is 11.8 Å². The Labute approximate surface area is 161 Å². The monoisotopic (exact) mass is 377 g/mol. The van der Waals surface area contributed by atoms with Crippen molar-refractivity contribution in [1.29, 1.82) is 0 Å². The Morgan fingerprint density at radius 3 is 2.48 bits per heavy atom. The highest BCUT2D eigenvalue weighted by atomic mass is 32.1. The minimum absolute atomic E-state index is 0.0465. The number of nitrogens with one attached hydrogen (secondary N) is 2. The standard InChI is InChI=1S/C21H19N3O2S/c25-19(22-16-10-11-16)12-14-6-8-17(9-7-14)23-20(26)18-13-27-21(24-18)15-4-2-1-3-5-15/h1-9,13,16H,10-12H2,(H,22,25)(H,23,26). The number of hydrogen-bond donors (Lipinski definition) is 2. The molecule has 2 amide bonds. The van der Waals surface area contributed by atoms with Gasteiger partial charge in [0.05, 0.1) is 6.42 Å². The summed E-state index contributed by atoms with van der Waals surface area (Å²) in [5, 5.41) is 8.40. The van der Waals surface area contributed by atoms with Gasteiger partial charge >= 0.3 is 0 Å². The van der Waals surface area contributed by atoms with Crippen LogP contribution in [-0.4, -0.2) is 22.8 Å². The Bertz CT molecular complexity index is 947. The highest BCUT2D eigenvalue weighted by Gasteiger charge is 2.23. The van der Waals surface area contributed by atoms with Crippen LogP contribution >= 0.6 is 11.3 Å². The van der Waals surface area contributed by atoms with Crippen LogP contribution in [0, 0.1) is 0 Å². The molecule has 0 aliphatic heterocycles. The third kappa shape index (κ3) is 4.60. The number of thiazole rings is 1. The van der Waals surface area contributed by atoms with E-state index in [0.29, 0.717) is 23.8 Å². The number of anilines is 1. The maximum atomic E-state index is 12.4. The van der Waals surface area contributed by atoms with Gasteiger partial charge in [-0.3, -0.25) is 9.59 Å². The lowest BCUT2D eigenvalue weighted by Crippen LogP contribution is -2.26. The molecule has 1 aliphatic carbocycles. The maximum absolute atomic E-state index is 12.4. The first-order valence-electron chi connectivity index (χ1n) is 8.88. The molecule has 0 saturated heterocycles. The fraction of sp³-hybridized carbons (Fsp3) is 0.190. The van der Waals surface area contributed by atoms with E-state index >= 15 is 0 Å². The first-order chi connectivity index (χ1) is 13.2. The van der Waals surface area contributed by atoms with Gasteiger partial charge in [-0.2, -0.15) is 0 Å². The number of hydrogen-bond acceptors (Lipinski definition) is 4. The second kappa shape index (κ2) is 7.72. The molecule has 0 spiro atoms. The number of nitrogens with zero attached hydrogens (tertiary/aromatic N) is 1. The summed E-state index contributed by atoms with van der Waals surface area (Å²) in [6.07, 6.45) is 2.52. The summed E-state index contributed by atoms with van der Waals surface area (Å²) in [6, 6.07) is 17.5. The molecule has 6 heteroatoms. The van der Waals surface area contributed by atoms with E-state index < -0.39 is 0 Å². The molecule has 1 fully saturated rings. The molecule has 1 aliphatic rings. The van der Waals surface area contributed by atoms with Crippen LogP contribution in [-0.2, 0) is 11.2 Å². The van der Waals surface area contributed by atoms with Gasteiger partial charge in [0.2, 0.25) is 5.91 Å². The van der Waals surface area contributed by atoms with Crippen molar-refractivity contribution in [2.45, 2.75) is 25.3 Å². The van der Waals surface area contributed by atoms with Crippen molar-refractivity contribution < 1.29 is 9.59 Å². The van der Waals surface area contributed by atoms with Gasteiger partial charge in [-0.05, 0) is 30.5 Å². The number of rotatable bonds is 6. The van der Waals surface area contributed by atoms with Gasteiger partial charge in [0, 0.05) is 22.7 Å². The van der Waals surface area contributed by atoms with E-state index in [1.165, 1.54) is 11.3 Å². The number of aromatic nitrogens is 1. The molecule has 0 unspecified atom stereocenters. The number of carbonyl (C=O) groups excluding carboxylic acids is 2.